The largest absolute Gasteiger partial charge is 0.427 e. The molecule has 1 saturated carbocycles. The summed E-state index contributed by atoms with van der Waals surface area (Å²) in [6.07, 6.45) is 6.95. The van der Waals surface area contributed by atoms with Crippen LogP contribution in [0.4, 0.5) is 0 Å². The van der Waals surface area contributed by atoms with Crippen LogP contribution in [0.1, 0.15) is 32.6 Å². The van der Waals surface area contributed by atoms with Crippen LogP contribution in [0.25, 0.3) is 0 Å². The summed E-state index contributed by atoms with van der Waals surface area (Å²) in [7, 11) is 0. The van der Waals surface area contributed by atoms with Crippen molar-refractivity contribution in [3.05, 3.63) is 23.5 Å². The number of allylic oxidation sites excluding steroid dienone is 3. The van der Waals surface area contributed by atoms with Crippen molar-refractivity contribution in [1.82, 2.24) is 0 Å². The average Bonchev–Trinajstić information content (AvgIpc) is 2.17. The lowest BCUT2D eigenvalue weighted by Crippen LogP contribution is -2.23. The maximum absolute atomic E-state index is 11.6. The molecular weight excluding hydrogens is 192 g/mol. The summed E-state index contributed by atoms with van der Waals surface area (Å²) in [5.41, 5.74) is 1.13. The highest BCUT2D eigenvalue weighted by atomic mass is 16.5. The summed E-state index contributed by atoms with van der Waals surface area (Å²) in [5, 5.41) is 0. The SMILES string of the molecule is CC(=O)OC1=CCC2C(=O)CCCC2=C1. The highest BCUT2D eigenvalue weighted by molar-refractivity contribution is 5.85. The fraction of sp³-hybridized carbons (Fsp3) is 0.500. The molecule has 1 fully saturated rings. The molecule has 0 spiro atoms. The molecule has 0 aromatic heterocycles. The number of rotatable bonds is 1. The minimum Gasteiger partial charge on any atom is -0.427 e. The molecule has 1 unspecified atom stereocenters. The van der Waals surface area contributed by atoms with Gasteiger partial charge in [0.15, 0.2) is 0 Å². The highest BCUT2D eigenvalue weighted by Gasteiger charge is 2.28. The molecule has 0 aliphatic heterocycles. The van der Waals surface area contributed by atoms with Crippen molar-refractivity contribution in [1.29, 1.82) is 0 Å². The summed E-state index contributed by atoms with van der Waals surface area (Å²) >= 11 is 0. The number of Topliss-reactive ketones (excluding diaryl/α,β-unsaturated/α-hetero) is 1. The average molecular weight is 206 g/mol. The van der Waals surface area contributed by atoms with Crippen molar-refractivity contribution in [3.63, 3.8) is 0 Å². The minimum absolute atomic E-state index is 0.0538. The summed E-state index contributed by atoms with van der Waals surface area (Å²) in [5.74, 6) is 0.672. The van der Waals surface area contributed by atoms with E-state index in [9.17, 15) is 9.59 Å². The van der Waals surface area contributed by atoms with E-state index < -0.39 is 0 Å². The Morgan fingerprint density at radius 1 is 1.47 bits per heavy atom. The van der Waals surface area contributed by atoms with Gasteiger partial charge in [-0.25, -0.2) is 0 Å². The predicted octanol–water partition coefficient (Wildman–Crippen LogP) is 2.13. The van der Waals surface area contributed by atoms with E-state index in [4.69, 9.17) is 4.74 Å². The molecule has 2 aliphatic rings. The first kappa shape index (κ1) is 10.1. The van der Waals surface area contributed by atoms with E-state index in [1.807, 2.05) is 12.2 Å². The van der Waals surface area contributed by atoms with Crippen LogP contribution in [0.3, 0.4) is 0 Å². The van der Waals surface area contributed by atoms with Crippen LogP contribution < -0.4 is 0 Å². The third kappa shape index (κ3) is 2.17. The fourth-order valence-electron chi connectivity index (χ4n) is 2.19. The number of ketones is 1. The first-order chi connectivity index (χ1) is 7.16. The van der Waals surface area contributed by atoms with E-state index in [2.05, 4.69) is 0 Å². The Morgan fingerprint density at radius 3 is 3.00 bits per heavy atom. The Labute approximate surface area is 88.8 Å². The van der Waals surface area contributed by atoms with Gasteiger partial charge in [0.2, 0.25) is 0 Å². The van der Waals surface area contributed by atoms with Gasteiger partial charge in [-0.1, -0.05) is 5.57 Å². The second-order valence-electron chi connectivity index (χ2n) is 4.03. The molecule has 0 aromatic carbocycles. The van der Waals surface area contributed by atoms with Crippen molar-refractivity contribution in [2.24, 2.45) is 5.92 Å². The Balaban J connectivity index is 2.13. The third-order valence-corrected chi connectivity index (χ3v) is 2.87. The lowest BCUT2D eigenvalue weighted by Gasteiger charge is -2.26. The molecule has 0 aromatic rings. The second kappa shape index (κ2) is 4.01. The first-order valence-corrected chi connectivity index (χ1v) is 5.28. The minimum atomic E-state index is -0.307. The number of ether oxygens (including phenoxy) is 1. The zero-order valence-electron chi connectivity index (χ0n) is 8.79. The number of esters is 1. The van der Waals surface area contributed by atoms with E-state index in [-0.39, 0.29) is 11.9 Å². The topological polar surface area (TPSA) is 43.4 Å². The van der Waals surface area contributed by atoms with Crippen LogP contribution in [0, 0.1) is 5.92 Å². The standard InChI is InChI=1S/C12H14O3/c1-8(13)15-10-5-6-11-9(7-10)3-2-4-12(11)14/h5,7,11H,2-4,6H2,1H3. The molecule has 0 saturated heterocycles. The quantitative estimate of drug-likeness (QED) is 0.617. The molecule has 0 amide bonds. The van der Waals surface area contributed by atoms with Crippen LogP contribution in [0.15, 0.2) is 23.5 Å². The van der Waals surface area contributed by atoms with E-state index in [1.54, 1.807) is 0 Å². The van der Waals surface area contributed by atoms with Gasteiger partial charge >= 0.3 is 5.97 Å². The molecule has 2 rings (SSSR count). The van der Waals surface area contributed by atoms with E-state index in [0.29, 0.717) is 24.4 Å². The zero-order valence-corrected chi connectivity index (χ0v) is 8.79. The van der Waals surface area contributed by atoms with Crippen molar-refractivity contribution >= 4 is 11.8 Å². The normalized spacial score (nSPS) is 25.1. The van der Waals surface area contributed by atoms with E-state index in [0.717, 1.165) is 18.4 Å². The number of fused-ring (bicyclic) bond motifs is 1. The molecule has 0 heterocycles. The maximum atomic E-state index is 11.6. The smallest absolute Gasteiger partial charge is 0.308 e. The molecule has 1 atom stereocenters. The molecule has 80 valence electrons. The van der Waals surface area contributed by atoms with Gasteiger partial charge in [0, 0.05) is 19.3 Å². The van der Waals surface area contributed by atoms with E-state index in [1.165, 1.54) is 6.92 Å². The summed E-state index contributed by atoms with van der Waals surface area (Å²) in [6.45, 7) is 1.39. The number of hydrogen-bond donors (Lipinski definition) is 0. The molecule has 15 heavy (non-hydrogen) atoms. The molecule has 2 aliphatic carbocycles. The van der Waals surface area contributed by atoms with Gasteiger partial charge in [-0.2, -0.15) is 0 Å². The predicted molar refractivity (Wildman–Crippen MR) is 54.9 cm³/mol. The molecular formula is C12H14O3. The lowest BCUT2D eigenvalue weighted by molar-refractivity contribution is -0.136. The third-order valence-electron chi connectivity index (χ3n) is 2.87. The Hall–Kier alpha value is -1.38. The molecule has 0 radical (unpaired) electrons. The Bertz CT molecular complexity index is 363. The van der Waals surface area contributed by atoms with Gasteiger partial charge in [0.25, 0.3) is 0 Å². The summed E-state index contributed by atoms with van der Waals surface area (Å²) in [6, 6.07) is 0. The summed E-state index contributed by atoms with van der Waals surface area (Å²) in [4.78, 5) is 22.4. The van der Waals surface area contributed by atoms with Gasteiger partial charge in [-0.15, -0.1) is 0 Å². The van der Waals surface area contributed by atoms with Gasteiger partial charge in [0.1, 0.15) is 11.5 Å². The van der Waals surface area contributed by atoms with Crippen molar-refractivity contribution in [2.45, 2.75) is 32.6 Å². The first-order valence-electron chi connectivity index (χ1n) is 5.28. The fourth-order valence-corrected chi connectivity index (χ4v) is 2.19. The van der Waals surface area contributed by atoms with Crippen molar-refractivity contribution in [3.8, 4) is 0 Å². The number of carbonyl (C=O) groups excluding carboxylic acids is 2. The molecule has 0 N–H and O–H groups in total. The van der Waals surface area contributed by atoms with Gasteiger partial charge in [-0.05, 0) is 31.4 Å². The van der Waals surface area contributed by atoms with Crippen LogP contribution in [0.2, 0.25) is 0 Å². The van der Waals surface area contributed by atoms with Gasteiger partial charge in [0.05, 0.1) is 0 Å². The maximum Gasteiger partial charge on any atom is 0.308 e. The molecule has 3 nitrogen and oxygen atoms in total. The highest BCUT2D eigenvalue weighted by Crippen LogP contribution is 2.33. The van der Waals surface area contributed by atoms with Crippen molar-refractivity contribution < 1.29 is 14.3 Å². The Morgan fingerprint density at radius 2 is 2.27 bits per heavy atom. The van der Waals surface area contributed by atoms with Crippen LogP contribution in [-0.4, -0.2) is 11.8 Å². The number of carbonyl (C=O) groups is 2. The Kier molecular flexibility index (Phi) is 2.71. The van der Waals surface area contributed by atoms with Gasteiger partial charge in [-0.3, -0.25) is 9.59 Å². The van der Waals surface area contributed by atoms with Crippen LogP contribution >= 0.6 is 0 Å². The van der Waals surface area contributed by atoms with Crippen LogP contribution in [-0.2, 0) is 14.3 Å². The van der Waals surface area contributed by atoms with Crippen molar-refractivity contribution in [2.75, 3.05) is 0 Å². The monoisotopic (exact) mass is 206 g/mol. The zero-order chi connectivity index (χ0) is 10.8. The second-order valence-corrected chi connectivity index (χ2v) is 4.03. The molecule has 0 bridgehead atoms. The summed E-state index contributed by atoms with van der Waals surface area (Å²) < 4.78 is 5.01. The molecule has 3 heteroatoms. The van der Waals surface area contributed by atoms with Gasteiger partial charge < -0.3 is 4.74 Å². The lowest BCUT2D eigenvalue weighted by atomic mass is 9.79. The number of hydrogen-bond acceptors (Lipinski definition) is 3. The van der Waals surface area contributed by atoms with E-state index >= 15 is 0 Å². The van der Waals surface area contributed by atoms with Crippen LogP contribution in [0.5, 0.6) is 0 Å².